The third-order valence-corrected chi connectivity index (χ3v) is 4.35. The Hall–Kier alpha value is -0.543. The van der Waals surface area contributed by atoms with E-state index >= 15 is 0 Å². The normalized spacial score (nSPS) is 13.2. The first-order valence-electron chi connectivity index (χ1n) is 5.62. The predicted octanol–water partition coefficient (Wildman–Crippen LogP) is 2.48. The van der Waals surface area contributed by atoms with Crippen LogP contribution in [0.5, 0.6) is 0 Å². The molecular weight excluding hydrogens is 200 g/mol. The van der Waals surface area contributed by atoms with Crippen molar-refractivity contribution in [3.05, 3.63) is 24.0 Å². The van der Waals surface area contributed by atoms with E-state index in [1.165, 1.54) is 11.9 Å². The van der Waals surface area contributed by atoms with Crippen molar-refractivity contribution in [3.8, 4) is 0 Å². The fraction of sp³-hybridized carbons (Fsp3) is 0.667. The lowest BCUT2D eigenvalue weighted by atomic mass is 10.4. The smallest absolute Gasteiger partial charge is 0.119 e. The van der Waals surface area contributed by atoms with E-state index in [-0.39, 0.29) is 0 Å². The molecule has 1 rings (SSSR count). The molecule has 0 unspecified atom stereocenters. The molecule has 0 amide bonds. The number of aromatic nitrogens is 1. The van der Waals surface area contributed by atoms with Crippen LogP contribution in [0.2, 0.25) is 19.6 Å². The summed E-state index contributed by atoms with van der Waals surface area (Å²) in [5.74, 6) is 0. The van der Waals surface area contributed by atoms with Gasteiger partial charge >= 0.3 is 0 Å². The van der Waals surface area contributed by atoms with Gasteiger partial charge in [0.15, 0.2) is 0 Å². The maximum Gasteiger partial charge on any atom is 0.119 e. The lowest BCUT2D eigenvalue weighted by molar-refractivity contribution is -0.894. The van der Waals surface area contributed by atoms with Gasteiger partial charge in [-0.25, -0.2) is 0 Å². The number of hydrogen-bond acceptors (Lipinski definition) is 0. The summed E-state index contributed by atoms with van der Waals surface area (Å²) in [6.07, 6.45) is 3.46. The van der Waals surface area contributed by atoms with Gasteiger partial charge in [0.05, 0.1) is 26.0 Å². The zero-order valence-electron chi connectivity index (χ0n) is 11.0. The van der Waals surface area contributed by atoms with Gasteiger partial charge in [0.25, 0.3) is 0 Å². The van der Waals surface area contributed by atoms with E-state index in [9.17, 15) is 0 Å². The largest absolute Gasteiger partial charge is 0.350 e. The highest BCUT2D eigenvalue weighted by molar-refractivity contribution is 6.75. The van der Waals surface area contributed by atoms with Crippen LogP contribution in [-0.2, 0) is 13.6 Å². The summed E-state index contributed by atoms with van der Waals surface area (Å²) in [7, 11) is 5.83. The molecule has 0 saturated carbocycles. The molecule has 0 aliphatic heterocycles. The first kappa shape index (κ1) is 12.5. The summed E-state index contributed by atoms with van der Waals surface area (Å²) in [5.41, 5.74) is 1.43. The average Bonchev–Trinajstić information content (AvgIpc) is 2.29. The van der Waals surface area contributed by atoms with E-state index in [0.717, 1.165) is 11.0 Å². The molecule has 1 heterocycles. The summed E-state index contributed by atoms with van der Waals surface area (Å²) < 4.78 is 3.33. The van der Waals surface area contributed by atoms with Gasteiger partial charge < -0.3 is 9.05 Å². The Balaban J connectivity index is 2.68. The van der Waals surface area contributed by atoms with Gasteiger partial charge in [0.1, 0.15) is 14.6 Å². The Morgan fingerprint density at radius 1 is 1.27 bits per heavy atom. The van der Waals surface area contributed by atoms with E-state index < -0.39 is 8.07 Å². The second kappa shape index (κ2) is 4.14. The van der Waals surface area contributed by atoms with Crippen molar-refractivity contribution in [1.29, 1.82) is 0 Å². The van der Waals surface area contributed by atoms with Crippen molar-refractivity contribution in [2.75, 3.05) is 20.3 Å². The SMILES string of the molecule is Cn1cccc1C[N+](C)(C)C[Si](C)(C)C. The summed E-state index contributed by atoms with van der Waals surface area (Å²) in [6, 6.07) is 4.36. The third-order valence-electron chi connectivity index (χ3n) is 2.54. The molecule has 0 atom stereocenters. The van der Waals surface area contributed by atoms with Crippen LogP contribution >= 0.6 is 0 Å². The lowest BCUT2D eigenvalue weighted by Gasteiger charge is -2.35. The number of nitrogens with zero attached hydrogens (tertiary/aromatic N) is 2. The van der Waals surface area contributed by atoms with Gasteiger partial charge in [-0.2, -0.15) is 0 Å². The number of quaternary nitrogens is 1. The molecular formula is C12H25N2Si+. The first-order chi connectivity index (χ1) is 6.70. The summed E-state index contributed by atoms with van der Waals surface area (Å²) >= 11 is 0. The molecule has 3 heteroatoms. The van der Waals surface area contributed by atoms with Crippen molar-refractivity contribution in [2.45, 2.75) is 26.2 Å². The van der Waals surface area contributed by atoms with Crippen LogP contribution in [0, 0.1) is 0 Å². The zero-order chi connectivity index (χ0) is 11.7. The van der Waals surface area contributed by atoms with Gasteiger partial charge in [-0.1, -0.05) is 19.6 Å². The minimum atomic E-state index is -0.981. The quantitative estimate of drug-likeness (QED) is 0.548. The molecule has 0 aliphatic carbocycles. The highest BCUT2D eigenvalue weighted by atomic mass is 28.3. The number of hydrogen-bond donors (Lipinski definition) is 0. The maximum atomic E-state index is 2.44. The topological polar surface area (TPSA) is 4.93 Å². The van der Waals surface area contributed by atoms with Crippen LogP contribution in [0.3, 0.4) is 0 Å². The van der Waals surface area contributed by atoms with Crippen LogP contribution in [-0.4, -0.2) is 37.4 Å². The Morgan fingerprint density at radius 3 is 2.27 bits per heavy atom. The highest BCUT2D eigenvalue weighted by Crippen LogP contribution is 2.14. The van der Waals surface area contributed by atoms with E-state index in [1.807, 2.05) is 0 Å². The fourth-order valence-corrected chi connectivity index (χ4v) is 5.12. The Morgan fingerprint density at radius 2 is 1.87 bits per heavy atom. The van der Waals surface area contributed by atoms with E-state index in [2.05, 4.69) is 63.7 Å². The molecule has 2 nitrogen and oxygen atoms in total. The van der Waals surface area contributed by atoms with E-state index in [4.69, 9.17) is 0 Å². The zero-order valence-corrected chi connectivity index (χ0v) is 12.0. The molecule has 0 fully saturated rings. The highest BCUT2D eigenvalue weighted by Gasteiger charge is 2.26. The van der Waals surface area contributed by atoms with Crippen molar-refractivity contribution in [1.82, 2.24) is 4.57 Å². The van der Waals surface area contributed by atoms with Crippen LogP contribution in [0.25, 0.3) is 0 Å². The van der Waals surface area contributed by atoms with Crippen molar-refractivity contribution >= 4 is 8.07 Å². The minimum absolute atomic E-state index is 0.981. The van der Waals surface area contributed by atoms with Crippen LogP contribution in [0.4, 0.5) is 0 Å². The van der Waals surface area contributed by atoms with Crippen molar-refractivity contribution in [3.63, 3.8) is 0 Å². The van der Waals surface area contributed by atoms with Gasteiger partial charge in [0, 0.05) is 13.2 Å². The lowest BCUT2D eigenvalue weighted by Crippen LogP contribution is -2.50. The summed E-state index contributed by atoms with van der Waals surface area (Å²) in [4.78, 5) is 0. The van der Waals surface area contributed by atoms with Crippen LogP contribution in [0.15, 0.2) is 18.3 Å². The predicted molar refractivity (Wildman–Crippen MR) is 69.4 cm³/mol. The van der Waals surface area contributed by atoms with Crippen LogP contribution in [0.1, 0.15) is 5.69 Å². The van der Waals surface area contributed by atoms with Gasteiger partial charge in [-0.05, 0) is 12.1 Å². The molecule has 0 aliphatic rings. The van der Waals surface area contributed by atoms with E-state index in [1.54, 1.807) is 0 Å². The van der Waals surface area contributed by atoms with Crippen LogP contribution < -0.4 is 0 Å². The monoisotopic (exact) mass is 225 g/mol. The van der Waals surface area contributed by atoms with Crippen molar-refractivity contribution < 1.29 is 4.48 Å². The van der Waals surface area contributed by atoms with Crippen molar-refractivity contribution in [2.24, 2.45) is 7.05 Å². The molecule has 1 aromatic heterocycles. The van der Waals surface area contributed by atoms with Gasteiger partial charge in [0.2, 0.25) is 0 Å². The molecule has 15 heavy (non-hydrogen) atoms. The fourth-order valence-electron chi connectivity index (χ4n) is 2.44. The molecule has 0 saturated heterocycles. The van der Waals surface area contributed by atoms with E-state index in [0.29, 0.717) is 0 Å². The Labute approximate surface area is 95.1 Å². The summed E-state index contributed by atoms with van der Waals surface area (Å²) in [6.45, 7) is 8.46. The number of aryl methyl sites for hydroxylation is 1. The molecule has 0 bridgehead atoms. The Kier molecular flexibility index (Phi) is 3.46. The molecule has 1 aromatic rings. The third kappa shape index (κ3) is 4.22. The second-order valence-electron chi connectivity index (χ2n) is 6.42. The first-order valence-corrected chi connectivity index (χ1v) is 9.33. The molecule has 0 N–H and O–H groups in total. The van der Waals surface area contributed by atoms with Gasteiger partial charge in [-0.15, -0.1) is 0 Å². The maximum absolute atomic E-state index is 2.44. The molecule has 0 aromatic carbocycles. The molecule has 0 radical (unpaired) electrons. The number of rotatable bonds is 4. The molecule has 86 valence electrons. The Bertz CT molecular complexity index is 321. The second-order valence-corrected chi connectivity index (χ2v) is 11.9. The minimum Gasteiger partial charge on any atom is -0.350 e. The molecule has 0 spiro atoms. The standard InChI is InChI=1S/C12H25N2Si/c1-13-9-7-8-12(13)10-14(2,3)11-15(4,5)6/h7-9H,10-11H2,1-6H3/q+1. The summed E-state index contributed by atoms with van der Waals surface area (Å²) in [5, 5.41) is 0. The van der Waals surface area contributed by atoms with Gasteiger partial charge in [-0.3, -0.25) is 0 Å². The average molecular weight is 225 g/mol.